The van der Waals surface area contributed by atoms with Crippen LogP contribution >= 0.6 is 11.6 Å². The van der Waals surface area contributed by atoms with Gasteiger partial charge in [-0.1, -0.05) is 31.9 Å². The number of nitrogens with two attached hydrogens (primary N) is 1. The zero-order valence-corrected chi connectivity index (χ0v) is 9.43. The van der Waals surface area contributed by atoms with Crippen LogP contribution in [0.4, 0.5) is 11.4 Å². The van der Waals surface area contributed by atoms with Gasteiger partial charge in [-0.2, -0.15) is 0 Å². The van der Waals surface area contributed by atoms with E-state index in [-0.39, 0.29) is 0 Å². The van der Waals surface area contributed by atoms with Crippen molar-refractivity contribution in [2.75, 3.05) is 17.6 Å². The van der Waals surface area contributed by atoms with Crippen molar-refractivity contribution in [1.29, 1.82) is 0 Å². The number of benzene rings is 1. The molecule has 1 unspecified atom stereocenters. The summed E-state index contributed by atoms with van der Waals surface area (Å²) in [4.78, 5) is 0. The molecular formula is C11H17ClN2. The summed E-state index contributed by atoms with van der Waals surface area (Å²) in [5.41, 5.74) is 7.48. The van der Waals surface area contributed by atoms with E-state index in [4.69, 9.17) is 17.3 Å². The summed E-state index contributed by atoms with van der Waals surface area (Å²) < 4.78 is 0. The van der Waals surface area contributed by atoms with Crippen LogP contribution in [-0.2, 0) is 0 Å². The molecule has 0 bridgehead atoms. The lowest BCUT2D eigenvalue weighted by atomic mass is 10.1. The SMILES string of the molecule is CCC(C)CNc1ccc(Cl)cc1N. The second-order valence-corrected chi connectivity index (χ2v) is 4.06. The van der Waals surface area contributed by atoms with Crippen LogP contribution in [-0.4, -0.2) is 6.54 Å². The van der Waals surface area contributed by atoms with Crippen molar-refractivity contribution in [2.45, 2.75) is 20.3 Å². The average molecular weight is 213 g/mol. The van der Waals surface area contributed by atoms with Gasteiger partial charge in [0.25, 0.3) is 0 Å². The molecule has 0 aliphatic carbocycles. The second kappa shape index (κ2) is 5.11. The minimum atomic E-state index is 0.657. The van der Waals surface area contributed by atoms with Crippen molar-refractivity contribution in [2.24, 2.45) is 5.92 Å². The van der Waals surface area contributed by atoms with Gasteiger partial charge >= 0.3 is 0 Å². The molecule has 0 aromatic heterocycles. The summed E-state index contributed by atoms with van der Waals surface area (Å²) in [7, 11) is 0. The van der Waals surface area contributed by atoms with E-state index in [9.17, 15) is 0 Å². The summed E-state index contributed by atoms with van der Waals surface area (Å²) in [6.07, 6.45) is 1.17. The first-order valence-electron chi connectivity index (χ1n) is 4.92. The van der Waals surface area contributed by atoms with Crippen LogP contribution in [0.5, 0.6) is 0 Å². The van der Waals surface area contributed by atoms with E-state index in [2.05, 4.69) is 19.2 Å². The fraction of sp³-hybridized carbons (Fsp3) is 0.455. The highest BCUT2D eigenvalue weighted by Gasteiger charge is 2.01. The third-order valence-corrected chi connectivity index (χ3v) is 2.59. The van der Waals surface area contributed by atoms with Gasteiger partial charge in [-0.05, 0) is 24.1 Å². The summed E-state index contributed by atoms with van der Waals surface area (Å²) in [5.74, 6) is 0.657. The highest BCUT2D eigenvalue weighted by molar-refractivity contribution is 6.31. The number of anilines is 2. The van der Waals surface area contributed by atoms with E-state index in [1.807, 2.05) is 12.1 Å². The molecule has 3 N–H and O–H groups in total. The summed E-state index contributed by atoms with van der Waals surface area (Å²) in [6, 6.07) is 5.53. The molecule has 0 heterocycles. The Kier molecular flexibility index (Phi) is 4.08. The van der Waals surface area contributed by atoms with Gasteiger partial charge in [0.2, 0.25) is 0 Å². The molecule has 0 amide bonds. The second-order valence-electron chi connectivity index (χ2n) is 3.63. The van der Waals surface area contributed by atoms with Crippen LogP contribution in [0.1, 0.15) is 20.3 Å². The van der Waals surface area contributed by atoms with Crippen molar-refractivity contribution < 1.29 is 0 Å². The topological polar surface area (TPSA) is 38.0 Å². The summed E-state index contributed by atoms with van der Waals surface area (Å²) in [6.45, 7) is 5.33. The lowest BCUT2D eigenvalue weighted by molar-refractivity contribution is 0.593. The minimum Gasteiger partial charge on any atom is -0.397 e. The van der Waals surface area contributed by atoms with Gasteiger partial charge in [0.1, 0.15) is 0 Å². The molecule has 1 aromatic rings. The lowest BCUT2D eigenvalue weighted by Crippen LogP contribution is -2.11. The summed E-state index contributed by atoms with van der Waals surface area (Å²) in [5, 5.41) is 3.98. The predicted octanol–water partition coefficient (Wildman–Crippen LogP) is 3.38. The van der Waals surface area contributed by atoms with Crippen LogP contribution in [0.15, 0.2) is 18.2 Å². The van der Waals surface area contributed by atoms with E-state index in [0.717, 1.165) is 12.2 Å². The molecule has 0 aliphatic heterocycles. The van der Waals surface area contributed by atoms with Crippen LogP contribution in [0.3, 0.4) is 0 Å². The van der Waals surface area contributed by atoms with Crippen molar-refractivity contribution in [1.82, 2.24) is 0 Å². The highest BCUT2D eigenvalue weighted by atomic mass is 35.5. The van der Waals surface area contributed by atoms with Crippen molar-refractivity contribution >= 4 is 23.0 Å². The third kappa shape index (κ3) is 3.11. The maximum atomic E-state index is 5.80. The Morgan fingerprint density at radius 3 is 2.79 bits per heavy atom. The molecular weight excluding hydrogens is 196 g/mol. The smallest absolute Gasteiger partial charge is 0.0575 e. The maximum absolute atomic E-state index is 5.80. The Balaban J connectivity index is 2.59. The Morgan fingerprint density at radius 1 is 1.50 bits per heavy atom. The number of hydrogen-bond donors (Lipinski definition) is 2. The van der Waals surface area contributed by atoms with Crippen LogP contribution in [0.2, 0.25) is 5.02 Å². The molecule has 0 saturated carbocycles. The van der Waals surface area contributed by atoms with Gasteiger partial charge in [0.05, 0.1) is 11.4 Å². The minimum absolute atomic E-state index is 0.657. The normalized spacial score (nSPS) is 12.5. The molecule has 0 saturated heterocycles. The first-order chi connectivity index (χ1) is 6.63. The lowest BCUT2D eigenvalue weighted by Gasteiger charge is -2.13. The van der Waals surface area contributed by atoms with Gasteiger partial charge in [0.15, 0.2) is 0 Å². The fourth-order valence-corrected chi connectivity index (χ4v) is 1.30. The Bertz CT molecular complexity index is 299. The van der Waals surface area contributed by atoms with Gasteiger partial charge in [-0.3, -0.25) is 0 Å². The van der Waals surface area contributed by atoms with E-state index in [1.54, 1.807) is 6.07 Å². The van der Waals surface area contributed by atoms with E-state index in [0.29, 0.717) is 16.6 Å². The number of rotatable bonds is 4. The van der Waals surface area contributed by atoms with Crippen LogP contribution in [0, 0.1) is 5.92 Å². The first kappa shape index (κ1) is 11.2. The molecule has 1 aromatic carbocycles. The van der Waals surface area contributed by atoms with Gasteiger partial charge in [-0.25, -0.2) is 0 Å². The van der Waals surface area contributed by atoms with E-state index < -0.39 is 0 Å². The first-order valence-corrected chi connectivity index (χ1v) is 5.30. The largest absolute Gasteiger partial charge is 0.397 e. The fourth-order valence-electron chi connectivity index (χ4n) is 1.12. The molecule has 78 valence electrons. The van der Waals surface area contributed by atoms with E-state index >= 15 is 0 Å². The molecule has 0 spiro atoms. The van der Waals surface area contributed by atoms with Crippen molar-refractivity contribution in [3.63, 3.8) is 0 Å². The standard InChI is InChI=1S/C11H17ClN2/c1-3-8(2)7-14-11-5-4-9(12)6-10(11)13/h4-6,8,14H,3,7,13H2,1-2H3. The monoisotopic (exact) mass is 212 g/mol. The Labute approximate surface area is 90.4 Å². The third-order valence-electron chi connectivity index (χ3n) is 2.35. The highest BCUT2D eigenvalue weighted by Crippen LogP contribution is 2.22. The van der Waals surface area contributed by atoms with Crippen LogP contribution < -0.4 is 11.1 Å². The quantitative estimate of drug-likeness (QED) is 0.751. The molecule has 0 radical (unpaired) electrons. The average Bonchev–Trinajstić information content (AvgIpc) is 2.16. The van der Waals surface area contributed by atoms with Gasteiger partial charge in [-0.15, -0.1) is 0 Å². The molecule has 0 aliphatic rings. The molecule has 1 rings (SSSR count). The summed E-state index contributed by atoms with van der Waals surface area (Å²) >= 11 is 5.80. The molecule has 3 heteroatoms. The Hall–Kier alpha value is -0.890. The number of hydrogen-bond acceptors (Lipinski definition) is 2. The predicted molar refractivity (Wildman–Crippen MR) is 63.8 cm³/mol. The molecule has 14 heavy (non-hydrogen) atoms. The molecule has 0 fully saturated rings. The molecule has 1 atom stereocenters. The van der Waals surface area contributed by atoms with Crippen molar-refractivity contribution in [3.8, 4) is 0 Å². The zero-order valence-electron chi connectivity index (χ0n) is 8.68. The van der Waals surface area contributed by atoms with E-state index in [1.165, 1.54) is 6.42 Å². The zero-order chi connectivity index (χ0) is 10.6. The van der Waals surface area contributed by atoms with Gasteiger partial charge < -0.3 is 11.1 Å². The molecule has 2 nitrogen and oxygen atoms in total. The van der Waals surface area contributed by atoms with Crippen LogP contribution in [0.25, 0.3) is 0 Å². The number of nitrogens with one attached hydrogen (secondary N) is 1. The number of halogens is 1. The maximum Gasteiger partial charge on any atom is 0.0575 e. The Morgan fingerprint density at radius 2 is 2.21 bits per heavy atom. The number of nitrogen functional groups attached to an aromatic ring is 1. The van der Waals surface area contributed by atoms with Crippen molar-refractivity contribution in [3.05, 3.63) is 23.2 Å². The van der Waals surface area contributed by atoms with Gasteiger partial charge in [0, 0.05) is 11.6 Å².